The lowest BCUT2D eigenvalue weighted by molar-refractivity contribution is 0.0957. The van der Waals surface area contributed by atoms with Gasteiger partial charge in [-0.05, 0) is 24.6 Å². The predicted octanol–water partition coefficient (Wildman–Crippen LogP) is 0.926. The van der Waals surface area contributed by atoms with Gasteiger partial charge in [-0.2, -0.15) is 0 Å². The number of amides is 1. The number of aromatic nitrogens is 3. The zero-order chi connectivity index (χ0) is 22.8. The number of hydrogen-bond acceptors (Lipinski definition) is 6. The van der Waals surface area contributed by atoms with Crippen LogP contribution in [0.25, 0.3) is 10.9 Å². The van der Waals surface area contributed by atoms with E-state index in [4.69, 9.17) is 0 Å². The number of nitrogens with one attached hydrogen (secondary N) is 2. The summed E-state index contributed by atoms with van der Waals surface area (Å²) in [6.45, 7) is 5.38. The molecule has 1 fully saturated rings. The Morgan fingerprint density at radius 1 is 1.19 bits per heavy atom. The van der Waals surface area contributed by atoms with E-state index in [1.807, 2.05) is 17.0 Å². The first-order valence-corrected chi connectivity index (χ1v) is 10.5. The molecule has 0 atom stereocenters. The van der Waals surface area contributed by atoms with Gasteiger partial charge in [0.15, 0.2) is 0 Å². The number of anilines is 1. The lowest BCUT2D eigenvalue weighted by Gasteiger charge is -2.36. The van der Waals surface area contributed by atoms with Gasteiger partial charge in [-0.15, -0.1) is 0 Å². The van der Waals surface area contributed by atoms with Crippen LogP contribution in [0.2, 0.25) is 0 Å². The van der Waals surface area contributed by atoms with E-state index in [1.54, 1.807) is 13.0 Å². The second-order valence-corrected chi connectivity index (χ2v) is 7.72. The highest BCUT2D eigenvalue weighted by Crippen LogP contribution is 2.21. The van der Waals surface area contributed by atoms with E-state index in [9.17, 15) is 18.8 Å². The summed E-state index contributed by atoms with van der Waals surface area (Å²) in [6.07, 6.45) is 1.40. The number of halogens is 1. The molecule has 0 unspecified atom stereocenters. The molecule has 1 aromatic carbocycles. The predicted molar refractivity (Wildman–Crippen MR) is 120 cm³/mol. The van der Waals surface area contributed by atoms with E-state index in [-0.39, 0.29) is 11.3 Å². The fourth-order valence-electron chi connectivity index (χ4n) is 4.00. The van der Waals surface area contributed by atoms with Crippen LogP contribution >= 0.6 is 0 Å². The van der Waals surface area contributed by atoms with Crippen molar-refractivity contribution in [3.63, 3.8) is 0 Å². The minimum Gasteiger partial charge on any atom is -0.365 e. The SMILES string of the molecule is CCn1c(=O)[nH]c2cc(CN3CCN(c4cnc(C(=O)NC)cc4F)CC3)ccc2c1=O. The number of rotatable bonds is 5. The Labute approximate surface area is 183 Å². The summed E-state index contributed by atoms with van der Waals surface area (Å²) < 4.78 is 15.7. The summed E-state index contributed by atoms with van der Waals surface area (Å²) in [4.78, 5) is 47.1. The third-order valence-electron chi connectivity index (χ3n) is 5.78. The Kier molecular flexibility index (Phi) is 6.04. The lowest BCUT2D eigenvalue weighted by Crippen LogP contribution is -2.46. The first-order valence-electron chi connectivity index (χ1n) is 10.5. The smallest absolute Gasteiger partial charge is 0.328 e. The Balaban J connectivity index is 1.44. The average Bonchev–Trinajstić information content (AvgIpc) is 2.79. The maximum atomic E-state index is 14.5. The van der Waals surface area contributed by atoms with Crippen molar-refractivity contribution in [3.05, 3.63) is 68.4 Å². The third kappa shape index (κ3) is 4.13. The summed E-state index contributed by atoms with van der Waals surface area (Å²) in [5.74, 6) is -0.895. The number of fused-ring (bicyclic) bond motifs is 1. The van der Waals surface area contributed by atoms with Crippen LogP contribution in [0.1, 0.15) is 23.0 Å². The summed E-state index contributed by atoms with van der Waals surface area (Å²) in [5, 5.41) is 2.92. The highest BCUT2D eigenvalue weighted by Gasteiger charge is 2.21. The van der Waals surface area contributed by atoms with Crippen molar-refractivity contribution < 1.29 is 9.18 Å². The van der Waals surface area contributed by atoms with Crippen LogP contribution in [0, 0.1) is 5.82 Å². The lowest BCUT2D eigenvalue weighted by atomic mass is 10.1. The summed E-state index contributed by atoms with van der Waals surface area (Å²) in [6, 6.07) is 6.64. The van der Waals surface area contributed by atoms with Crippen LogP contribution in [0.5, 0.6) is 0 Å². The topological polar surface area (TPSA) is 103 Å². The molecule has 9 nitrogen and oxygen atoms in total. The van der Waals surface area contributed by atoms with Crippen molar-refractivity contribution in [2.45, 2.75) is 20.0 Å². The molecule has 32 heavy (non-hydrogen) atoms. The Bertz CT molecular complexity index is 1280. The molecule has 0 aliphatic carbocycles. The van der Waals surface area contributed by atoms with Crippen molar-refractivity contribution in [3.8, 4) is 0 Å². The normalized spacial score (nSPS) is 14.7. The largest absolute Gasteiger partial charge is 0.365 e. The number of pyridine rings is 1. The summed E-state index contributed by atoms with van der Waals surface area (Å²) in [7, 11) is 1.48. The van der Waals surface area contributed by atoms with E-state index in [0.29, 0.717) is 55.9 Å². The molecule has 0 saturated carbocycles. The van der Waals surface area contributed by atoms with Crippen molar-refractivity contribution in [1.82, 2.24) is 24.8 Å². The van der Waals surface area contributed by atoms with E-state index in [0.717, 1.165) is 11.6 Å². The van der Waals surface area contributed by atoms with Crippen LogP contribution in [0.15, 0.2) is 40.1 Å². The highest BCUT2D eigenvalue weighted by molar-refractivity contribution is 5.92. The van der Waals surface area contributed by atoms with Crippen LogP contribution in [-0.4, -0.2) is 58.6 Å². The van der Waals surface area contributed by atoms with Crippen molar-refractivity contribution >= 4 is 22.5 Å². The molecule has 1 aliphatic rings. The van der Waals surface area contributed by atoms with Crippen molar-refractivity contribution in [2.24, 2.45) is 0 Å². The molecule has 0 radical (unpaired) electrons. The van der Waals surface area contributed by atoms with Gasteiger partial charge in [0, 0.05) is 52.4 Å². The maximum absolute atomic E-state index is 14.5. The van der Waals surface area contributed by atoms with Gasteiger partial charge < -0.3 is 15.2 Å². The van der Waals surface area contributed by atoms with Crippen LogP contribution in [0.3, 0.4) is 0 Å². The number of aromatic amines is 1. The van der Waals surface area contributed by atoms with E-state index >= 15 is 0 Å². The molecule has 0 bridgehead atoms. The monoisotopic (exact) mass is 440 g/mol. The van der Waals surface area contributed by atoms with Crippen molar-refractivity contribution in [1.29, 1.82) is 0 Å². The molecule has 2 aromatic heterocycles. The van der Waals surface area contributed by atoms with Gasteiger partial charge in [0.1, 0.15) is 11.5 Å². The number of carbonyl (C=O) groups is 1. The number of benzene rings is 1. The van der Waals surface area contributed by atoms with Gasteiger partial charge in [0.05, 0.1) is 22.8 Å². The maximum Gasteiger partial charge on any atom is 0.328 e. The van der Waals surface area contributed by atoms with Crippen molar-refractivity contribution in [2.75, 3.05) is 38.1 Å². The van der Waals surface area contributed by atoms with Gasteiger partial charge in [0.25, 0.3) is 11.5 Å². The molecule has 10 heteroatoms. The molecule has 0 spiro atoms. The second kappa shape index (κ2) is 8.91. The number of carbonyl (C=O) groups excluding carboxylic acids is 1. The minimum atomic E-state index is -0.469. The fraction of sp³-hybridized carbons (Fsp3) is 0.364. The standard InChI is InChI=1S/C22H25FN6O3/c1-3-29-21(31)15-5-4-14(10-17(15)26-22(29)32)13-27-6-8-28(9-7-27)19-12-25-18(11-16(19)23)20(30)24-2/h4-5,10-12H,3,6-9,13H2,1-2H3,(H,24,30)(H,26,32). The molecule has 168 valence electrons. The van der Waals surface area contributed by atoms with E-state index in [1.165, 1.54) is 17.8 Å². The average molecular weight is 440 g/mol. The third-order valence-corrected chi connectivity index (χ3v) is 5.78. The number of H-pyrrole nitrogens is 1. The molecule has 1 saturated heterocycles. The highest BCUT2D eigenvalue weighted by atomic mass is 19.1. The Morgan fingerprint density at radius 2 is 1.94 bits per heavy atom. The number of nitrogens with zero attached hydrogens (tertiary/aromatic N) is 4. The quantitative estimate of drug-likeness (QED) is 0.612. The van der Waals surface area contributed by atoms with Crippen LogP contribution in [0.4, 0.5) is 10.1 Å². The van der Waals surface area contributed by atoms with Gasteiger partial charge in [-0.25, -0.2) is 14.2 Å². The number of piperazine rings is 1. The van der Waals surface area contributed by atoms with E-state index < -0.39 is 17.4 Å². The van der Waals surface area contributed by atoms with Crippen LogP contribution in [-0.2, 0) is 13.1 Å². The first kappa shape index (κ1) is 21.7. The zero-order valence-electron chi connectivity index (χ0n) is 18.0. The fourth-order valence-corrected chi connectivity index (χ4v) is 4.00. The minimum absolute atomic E-state index is 0.0485. The molecular weight excluding hydrogens is 415 g/mol. The Morgan fingerprint density at radius 3 is 2.59 bits per heavy atom. The molecule has 2 N–H and O–H groups in total. The molecule has 3 heterocycles. The first-order chi connectivity index (χ1) is 15.4. The van der Waals surface area contributed by atoms with Crippen LogP contribution < -0.4 is 21.5 Å². The second-order valence-electron chi connectivity index (χ2n) is 7.72. The van der Waals surface area contributed by atoms with Gasteiger partial charge in [-0.1, -0.05) is 6.07 Å². The summed E-state index contributed by atoms with van der Waals surface area (Å²) in [5.41, 5.74) is 1.25. The molecule has 3 aromatic rings. The molecular formula is C22H25FN6O3. The zero-order valence-corrected chi connectivity index (χ0v) is 18.0. The Hall–Kier alpha value is -3.53. The molecule has 1 aliphatic heterocycles. The van der Waals surface area contributed by atoms with Gasteiger partial charge in [-0.3, -0.25) is 19.1 Å². The van der Waals surface area contributed by atoms with E-state index in [2.05, 4.69) is 20.2 Å². The summed E-state index contributed by atoms with van der Waals surface area (Å²) >= 11 is 0. The number of hydrogen-bond donors (Lipinski definition) is 2. The molecule has 1 amide bonds. The van der Waals surface area contributed by atoms with Gasteiger partial charge in [0.2, 0.25) is 0 Å². The molecule has 4 rings (SSSR count). The van der Waals surface area contributed by atoms with Gasteiger partial charge >= 0.3 is 5.69 Å².